The number of hydrogen-bond acceptors (Lipinski definition) is 3. The molecule has 1 aromatic carbocycles. The summed E-state index contributed by atoms with van der Waals surface area (Å²) >= 11 is 0. The van der Waals surface area contributed by atoms with Crippen LogP contribution in [0.1, 0.15) is 39.2 Å². The van der Waals surface area contributed by atoms with E-state index in [0.717, 1.165) is 43.5 Å². The maximum Gasteiger partial charge on any atom is 0.261 e. The van der Waals surface area contributed by atoms with Crippen LogP contribution in [0.5, 0.6) is 0 Å². The Kier molecular flexibility index (Phi) is 4.41. The van der Waals surface area contributed by atoms with Crippen LogP contribution < -0.4 is 5.56 Å². The van der Waals surface area contributed by atoms with Crippen molar-refractivity contribution in [2.45, 2.75) is 38.3 Å². The number of carbonyl (C=O) groups excluding carboxylic acids is 1. The van der Waals surface area contributed by atoms with Crippen molar-refractivity contribution in [3.63, 3.8) is 0 Å². The van der Waals surface area contributed by atoms with Gasteiger partial charge in [-0.15, -0.1) is 0 Å². The summed E-state index contributed by atoms with van der Waals surface area (Å²) in [6.07, 6.45) is 3.81. The number of nitrogens with one attached hydrogen (secondary N) is 1. The SMILES string of the molecule is CN(C[C@H]1Cc2ccccc2CN1C)C(=O)c1cc2c([nH]c1=O)CCC2. The van der Waals surface area contributed by atoms with Gasteiger partial charge in [0.1, 0.15) is 5.56 Å². The highest BCUT2D eigenvalue weighted by Crippen LogP contribution is 2.23. The molecular formula is C21H25N3O2. The standard InChI is InChI=1S/C21H25N3O2/c1-23-12-16-7-4-3-6-14(16)10-17(23)13-24(2)21(26)18-11-15-8-5-9-19(15)22-20(18)25/h3-4,6-7,11,17H,5,8-10,12-13H2,1-2H3,(H,22,25)/t17-/m1/s1. The number of nitrogens with zero attached hydrogens (tertiary/aromatic N) is 2. The highest BCUT2D eigenvalue weighted by Gasteiger charge is 2.27. The van der Waals surface area contributed by atoms with Crippen LogP contribution >= 0.6 is 0 Å². The van der Waals surface area contributed by atoms with E-state index in [4.69, 9.17) is 0 Å². The van der Waals surface area contributed by atoms with Crippen LogP contribution in [-0.4, -0.2) is 47.4 Å². The van der Waals surface area contributed by atoms with E-state index in [2.05, 4.69) is 41.2 Å². The van der Waals surface area contributed by atoms with Gasteiger partial charge in [-0.2, -0.15) is 0 Å². The summed E-state index contributed by atoms with van der Waals surface area (Å²) in [4.78, 5) is 32.1. The first-order valence-electron chi connectivity index (χ1n) is 9.30. The summed E-state index contributed by atoms with van der Waals surface area (Å²) in [5, 5.41) is 0. The zero-order valence-corrected chi connectivity index (χ0v) is 15.4. The van der Waals surface area contributed by atoms with Crippen LogP contribution in [0, 0.1) is 0 Å². The van der Waals surface area contributed by atoms with Crippen molar-refractivity contribution in [1.82, 2.24) is 14.8 Å². The van der Waals surface area contributed by atoms with E-state index in [1.54, 1.807) is 18.0 Å². The summed E-state index contributed by atoms with van der Waals surface area (Å²) in [5.74, 6) is -0.187. The topological polar surface area (TPSA) is 56.4 Å². The van der Waals surface area contributed by atoms with Gasteiger partial charge in [-0.25, -0.2) is 0 Å². The lowest BCUT2D eigenvalue weighted by Gasteiger charge is -2.36. The van der Waals surface area contributed by atoms with Gasteiger partial charge in [-0.1, -0.05) is 24.3 Å². The van der Waals surface area contributed by atoms with Crippen molar-refractivity contribution >= 4 is 5.91 Å². The maximum absolute atomic E-state index is 12.9. The predicted molar refractivity (Wildman–Crippen MR) is 101 cm³/mol. The fourth-order valence-corrected chi connectivity index (χ4v) is 4.20. The predicted octanol–water partition coefficient (Wildman–Crippen LogP) is 1.99. The van der Waals surface area contributed by atoms with E-state index >= 15 is 0 Å². The average molecular weight is 351 g/mol. The summed E-state index contributed by atoms with van der Waals surface area (Å²) in [6, 6.07) is 10.5. The molecule has 1 amide bonds. The number of fused-ring (bicyclic) bond motifs is 2. The molecule has 2 heterocycles. The Bertz CT molecular complexity index is 902. The molecule has 26 heavy (non-hydrogen) atoms. The fraction of sp³-hybridized carbons (Fsp3) is 0.429. The molecule has 1 aromatic heterocycles. The Hall–Kier alpha value is -2.40. The van der Waals surface area contributed by atoms with Gasteiger partial charge in [-0.05, 0) is 55.5 Å². The number of benzene rings is 1. The zero-order chi connectivity index (χ0) is 18.3. The number of likely N-dealkylation sites (N-methyl/N-ethyl adjacent to an activating group) is 2. The minimum absolute atomic E-state index is 0.187. The third-order valence-corrected chi connectivity index (χ3v) is 5.77. The van der Waals surface area contributed by atoms with Gasteiger partial charge in [0.15, 0.2) is 0 Å². The quantitative estimate of drug-likeness (QED) is 0.920. The molecule has 0 saturated carbocycles. The monoisotopic (exact) mass is 351 g/mol. The molecule has 1 aliphatic carbocycles. The molecule has 0 fully saturated rings. The lowest BCUT2D eigenvalue weighted by molar-refractivity contribution is 0.0731. The second kappa shape index (κ2) is 6.72. The van der Waals surface area contributed by atoms with Gasteiger partial charge in [0.05, 0.1) is 0 Å². The van der Waals surface area contributed by atoms with Crippen LogP contribution in [0.3, 0.4) is 0 Å². The molecule has 1 aliphatic heterocycles. The fourth-order valence-electron chi connectivity index (χ4n) is 4.20. The first-order chi connectivity index (χ1) is 12.5. The van der Waals surface area contributed by atoms with Crippen LogP contribution in [0.25, 0.3) is 0 Å². The molecule has 1 atom stereocenters. The Morgan fingerprint density at radius 3 is 2.81 bits per heavy atom. The molecule has 1 N–H and O–H groups in total. The Balaban J connectivity index is 1.51. The summed E-state index contributed by atoms with van der Waals surface area (Å²) in [6.45, 7) is 1.50. The number of amides is 1. The Morgan fingerprint density at radius 1 is 1.23 bits per heavy atom. The number of carbonyl (C=O) groups is 1. The molecule has 0 saturated heterocycles. The van der Waals surface area contributed by atoms with Crippen molar-refractivity contribution in [3.8, 4) is 0 Å². The van der Waals surface area contributed by atoms with Crippen LogP contribution in [-0.2, 0) is 25.8 Å². The number of aromatic amines is 1. The van der Waals surface area contributed by atoms with Gasteiger partial charge >= 0.3 is 0 Å². The third kappa shape index (κ3) is 3.07. The number of rotatable bonds is 3. The van der Waals surface area contributed by atoms with Crippen molar-refractivity contribution in [2.24, 2.45) is 0 Å². The lowest BCUT2D eigenvalue weighted by Crippen LogP contribution is -2.46. The van der Waals surface area contributed by atoms with Crippen LogP contribution in [0.15, 0.2) is 35.1 Å². The molecule has 5 nitrogen and oxygen atoms in total. The third-order valence-electron chi connectivity index (χ3n) is 5.77. The van der Waals surface area contributed by atoms with E-state index in [1.807, 2.05) is 0 Å². The summed E-state index contributed by atoms with van der Waals surface area (Å²) in [7, 11) is 3.89. The van der Waals surface area contributed by atoms with E-state index in [9.17, 15) is 9.59 Å². The number of H-pyrrole nitrogens is 1. The second-order valence-electron chi connectivity index (χ2n) is 7.60. The molecule has 0 unspecified atom stereocenters. The number of hydrogen-bond donors (Lipinski definition) is 1. The van der Waals surface area contributed by atoms with E-state index in [0.29, 0.717) is 6.54 Å². The molecule has 0 bridgehead atoms. The smallest absolute Gasteiger partial charge is 0.261 e. The van der Waals surface area contributed by atoms with Crippen molar-refractivity contribution in [3.05, 3.63) is 68.6 Å². The first-order valence-corrected chi connectivity index (χ1v) is 9.30. The van der Waals surface area contributed by atoms with Crippen molar-refractivity contribution < 1.29 is 4.79 Å². The van der Waals surface area contributed by atoms with Gasteiger partial charge in [0.25, 0.3) is 11.5 Å². The number of aromatic nitrogens is 1. The van der Waals surface area contributed by atoms with Gasteiger partial charge < -0.3 is 9.88 Å². The first kappa shape index (κ1) is 17.0. The highest BCUT2D eigenvalue weighted by molar-refractivity contribution is 5.94. The lowest BCUT2D eigenvalue weighted by atomic mass is 9.94. The summed E-state index contributed by atoms with van der Waals surface area (Å²) in [5.41, 5.74) is 4.84. The number of aryl methyl sites for hydroxylation is 2. The van der Waals surface area contributed by atoms with E-state index < -0.39 is 0 Å². The van der Waals surface area contributed by atoms with Crippen molar-refractivity contribution in [2.75, 3.05) is 20.6 Å². The van der Waals surface area contributed by atoms with E-state index in [-0.39, 0.29) is 23.1 Å². The molecule has 0 radical (unpaired) electrons. The second-order valence-corrected chi connectivity index (χ2v) is 7.60. The molecular weight excluding hydrogens is 326 g/mol. The maximum atomic E-state index is 12.9. The molecule has 5 heteroatoms. The van der Waals surface area contributed by atoms with Gasteiger partial charge in [-0.3, -0.25) is 14.5 Å². The summed E-state index contributed by atoms with van der Waals surface area (Å²) < 4.78 is 0. The highest BCUT2D eigenvalue weighted by atomic mass is 16.2. The van der Waals surface area contributed by atoms with Gasteiger partial charge in [0.2, 0.25) is 0 Å². The van der Waals surface area contributed by atoms with Crippen LogP contribution in [0.2, 0.25) is 0 Å². The van der Waals surface area contributed by atoms with Gasteiger partial charge in [0, 0.05) is 31.9 Å². The minimum atomic E-state index is -0.259. The zero-order valence-electron chi connectivity index (χ0n) is 15.4. The Morgan fingerprint density at radius 2 is 2.00 bits per heavy atom. The molecule has 0 spiro atoms. The largest absolute Gasteiger partial charge is 0.340 e. The van der Waals surface area contributed by atoms with Crippen molar-refractivity contribution in [1.29, 1.82) is 0 Å². The molecule has 2 aliphatic rings. The average Bonchev–Trinajstić information content (AvgIpc) is 3.08. The Labute approximate surface area is 153 Å². The van der Waals surface area contributed by atoms with E-state index in [1.165, 1.54) is 11.1 Å². The van der Waals surface area contributed by atoms with Crippen LogP contribution in [0.4, 0.5) is 0 Å². The number of pyridine rings is 1. The molecule has 136 valence electrons. The normalized spacial score (nSPS) is 19.1. The molecule has 4 rings (SSSR count). The molecule has 2 aromatic rings. The minimum Gasteiger partial charge on any atom is -0.340 e.